The number of hydrogen-bond donors (Lipinski definition) is 0. The molecule has 36 heavy (non-hydrogen) atoms. The molecule has 184 valence electrons. The van der Waals surface area contributed by atoms with Crippen LogP contribution in [0.5, 0.6) is 11.5 Å². The van der Waals surface area contributed by atoms with Crippen molar-refractivity contribution in [1.29, 1.82) is 0 Å². The highest BCUT2D eigenvalue weighted by Gasteiger charge is 2.36. The Morgan fingerprint density at radius 2 is 1.81 bits per heavy atom. The maximum atomic E-state index is 13.0. The Kier molecular flexibility index (Phi) is 7.97. The first-order valence-electron chi connectivity index (χ1n) is 10.6. The van der Waals surface area contributed by atoms with Gasteiger partial charge >= 0.3 is 0 Å². The van der Waals surface area contributed by atoms with Gasteiger partial charge in [-0.1, -0.05) is 39.7 Å². The second-order valence-electron chi connectivity index (χ2n) is 7.46. The molecule has 3 aromatic rings. The molecule has 1 aliphatic heterocycles. The third kappa shape index (κ3) is 5.72. The Hall–Kier alpha value is -3.34. The molecule has 3 aromatic carbocycles. The van der Waals surface area contributed by atoms with Crippen LogP contribution in [0.3, 0.4) is 0 Å². The van der Waals surface area contributed by atoms with Gasteiger partial charge < -0.3 is 9.47 Å². The number of hydrogen-bond acceptors (Lipinski definition) is 7. The molecule has 0 aliphatic carbocycles. The number of rotatable bonds is 8. The van der Waals surface area contributed by atoms with E-state index in [9.17, 15) is 19.7 Å². The van der Waals surface area contributed by atoms with Gasteiger partial charge in [-0.3, -0.25) is 19.7 Å². The number of non-ortho nitro benzene ring substituents is 1. The Balaban J connectivity index is 1.59. The van der Waals surface area contributed by atoms with Crippen molar-refractivity contribution in [2.75, 3.05) is 11.5 Å². The summed E-state index contributed by atoms with van der Waals surface area (Å²) >= 11 is 10.2. The zero-order chi connectivity index (χ0) is 25.8. The van der Waals surface area contributed by atoms with E-state index in [1.807, 2.05) is 6.92 Å². The van der Waals surface area contributed by atoms with Crippen LogP contribution < -0.4 is 14.4 Å². The van der Waals surface area contributed by atoms with Gasteiger partial charge in [-0.2, -0.15) is 0 Å². The van der Waals surface area contributed by atoms with Gasteiger partial charge in [-0.15, -0.1) is 0 Å². The quantitative estimate of drug-likeness (QED) is 0.155. The van der Waals surface area contributed by atoms with Crippen molar-refractivity contribution in [3.8, 4) is 11.5 Å². The minimum atomic E-state index is -0.463. The standard InChI is InChI=1S/C25H18BrClN2O6S/c1-2-34-21-11-16(12-23-24(30)28(25(31)36-23)18-8-6-17(27)7-9-18)20(26)13-22(21)35-14-15-4-3-5-19(10-15)29(32)33/h3-13H,2,14H2,1H3/b23-12+. The van der Waals surface area contributed by atoms with Crippen molar-refractivity contribution < 1.29 is 24.0 Å². The van der Waals surface area contributed by atoms with Crippen LogP contribution in [0, 0.1) is 10.1 Å². The summed E-state index contributed by atoms with van der Waals surface area (Å²) in [7, 11) is 0. The highest BCUT2D eigenvalue weighted by molar-refractivity contribution is 9.10. The lowest BCUT2D eigenvalue weighted by Crippen LogP contribution is -2.27. The summed E-state index contributed by atoms with van der Waals surface area (Å²) in [6.07, 6.45) is 1.61. The van der Waals surface area contributed by atoms with E-state index in [0.717, 1.165) is 16.7 Å². The fourth-order valence-electron chi connectivity index (χ4n) is 3.39. The van der Waals surface area contributed by atoms with E-state index in [2.05, 4.69) is 15.9 Å². The van der Waals surface area contributed by atoms with E-state index < -0.39 is 16.1 Å². The highest BCUT2D eigenvalue weighted by atomic mass is 79.9. The fourth-order valence-corrected chi connectivity index (χ4v) is 4.78. The Bertz CT molecular complexity index is 1380. The van der Waals surface area contributed by atoms with Crippen LogP contribution in [0.2, 0.25) is 5.02 Å². The van der Waals surface area contributed by atoms with Crippen LogP contribution in [0.15, 0.2) is 70.0 Å². The van der Waals surface area contributed by atoms with E-state index in [4.69, 9.17) is 21.1 Å². The second kappa shape index (κ2) is 11.2. The molecule has 2 amide bonds. The average molecular weight is 590 g/mol. The zero-order valence-corrected chi connectivity index (χ0v) is 21.9. The molecule has 1 aliphatic rings. The topological polar surface area (TPSA) is 99.0 Å². The van der Waals surface area contributed by atoms with Crippen LogP contribution in [-0.2, 0) is 11.4 Å². The summed E-state index contributed by atoms with van der Waals surface area (Å²) in [4.78, 5) is 37.5. The molecule has 0 unspecified atom stereocenters. The number of carbonyl (C=O) groups is 2. The predicted molar refractivity (Wildman–Crippen MR) is 143 cm³/mol. The fraction of sp³-hybridized carbons (Fsp3) is 0.120. The molecule has 1 heterocycles. The Morgan fingerprint density at radius 3 is 2.50 bits per heavy atom. The lowest BCUT2D eigenvalue weighted by atomic mass is 10.1. The lowest BCUT2D eigenvalue weighted by molar-refractivity contribution is -0.384. The number of anilines is 1. The largest absolute Gasteiger partial charge is 0.490 e. The number of amides is 2. The number of nitrogens with zero attached hydrogens (tertiary/aromatic N) is 2. The van der Waals surface area contributed by atoms with Crippen molar-refractivity contribution in [3.05, 3.63) is 96.3 Å². The molecule has 1 fully saturated rings. The first-order chi connectivity index (χ1) is 17.3. The Labute approximate surface area is 224 Å². The molecule has 0 bridgehead atoms. The summed E-state index contributed by atoms with van der Waals surface area (Å²) in [6, 6.07) is 16.0. The summed E-state index contributed by atoms with van der Waals surface area (Å²) < 4.78 is 12.2. The average Bonchev–Trinajstić information content (AvgIpc) is 3.13. The molecule has 0 radical (unpaired) electrons. The smallest absolute Gasteiger partial charge is 0.298 e. The van der Waals surface area contributed by atoms with Gasteiger partial charge in [-0.05, 0) is 72.3 Å². The SMILES string of the molecule is CCOc1cc(/C=C2/SC(=O)N(c3ccc(Cl)cc3)C2=O)c(Br)cc1OCc1cccc([N+](=O)[O-])c1. The first-order valence-corrected chi connectivity index (χ1v) is 12.6. The molecule has 8 nitrogen and oxygen atoms in total. The molecular formula is C25H18BrClN2O6S. The summed E-state index contributed by atoms with van der Waals surface area (Å²) in [5.74, 6) is 0.402. The Morgan fingerprint density at radius 1 is 1.08 bits per heavy atom. The molecule has 4 rings (SSSR count). The maximum Gasteiger partial charge on any atom is 0.298 e. The van der Waals surface area contributed by atoms with E-state index in [0.29, 0.717) is 44.4 Å². The monoisotopic (exact) mass is 588 g/mol. The van der Waals surface area contributed by atoms with E-state index in [-0.39, 0.29) is 17.2 Å². The number of nitro groups is 1. The number of thioether (sulfide) groups is 1. The number of benzene rings is 3. The van der Waals surface area contributed by atoms with Gasteiger partial charge in [0, 0.05) is 21.6 Å². The minimum absolute atomic E-state index is 0.0230. The number of nitro benzene ring substituents is 1. The second-order valence-corrected chi connectivity index (χ2v) is 9.75. The van der Waals surface area contributed by atoms with Crippen molar-refractivity contribution in [2.24, 2.45) is 0 Å². The molecule has 1 saturated heterocycles. The molecule has 0 saturated carbocycles. The minimum Gasteiger partial charge on any atom is -0.490 e. The van der Waals surface area contributed by atoms with Crippen molar-refractivity contribution in [2.45, 2.75) is 13.5 Å². The van der Waals surface area contributed by atoms with E-state index in [1.165, 1.54) is 12.1 Å². The van der Waals surface area contributed by atoms with Gasteiger partial charge in [0.05, 0.1) is 22.1 Å². The van der Waals surface area contributed by atoms with Crippen LogP contribution in [0.25, 0.3) is 6.08 Å². The molecule has 0 atom stereocenters. The molecule has 0 aromatic heterocycles. The predicted octanol–water partition coefficient (Wildman–Crippen LogP) is 7.23. The van der Waals surface area contributed by atoms with Gasteiger partial charge in [0.2, 0.25) is 0 Å². The maximum absolute atomic E-state index is 13.0. The highest BCUT2D eigenvalue weighted by Crippen LogP contribution is 2.40. The number of imide groups is 1. The van der Waals surface area contributed by atoms with E-state index in [1.54, 1.807) is 54.6 Å². The third-order valence-corrected chi connectivity index (χ3v) is 6.85. The van der Waals surface area contributed by atoms with Crippen LogP contribution >= 0.6 is 39.3 Å². The van der Waals surface area contributed by atoms with Gasteiger partial charge in [0.25, 0.3) is 16.8 Å². The molecule has 0 spiro atoms. The number of halogens is 2. The van der Waals surface area contributed by atoms with Crippen molar-refractivity contribution >= 4 is 67.9 Å². The van der Waals surface area contributed by atoms with Gasteiger partial charge in [0.15, 0.2) is 11.5 Å². The number of ether oxygens (including phenoxy) is 2. The van der Waals surface area contributed by atoms with Gasteiger partial charge in [0.1, 0.15) is 6.61 Å². The number of carbonyl (C=O) groups excluding carboxylic acids is 2. The van der Waals surface area contributed by atoms with Crippen LogP contribution in [-0.4, -0.2) is 22.7 Å². The first kappa shape index (κ1) is 25.7. The summed E-state index contributed by atoms with van der Waals surface area (Å²) in [5.41, 5.74) is 1.65. The zero-order valence-electron chi connectivity index (χ0n) is 18.8. The van der Waals surface area contributed by atoms with Crippen molar-refractivity contribution in [3.63, 3.8) is 0 Å². The normalized spacial score (nSPS) is 14.4. The lowest BCUT2D eigenvalue weighted by Gasteiger charge is -2.14. The molecule has 11 heteroatoms. The third-order valence-electron chi connectivity index (χ3n) is 5.04. The molecular weight excluding hydrogens is 572 g/mol. The van der Waals surface area contributed by atoms with Gasteiger partial charge in [-0.25, -0.2) is 4.90 Å². The molecule has 0 N–H and O–H groups in total. The summed E-state index contributed by atoms with van der Waals surface area (Å²) in [5, 5.41) is 11.1. The van der Waals surface area contributed by atoms with Crippen LogP contribution in [0.1, 0.15) is 18.1 Å². The summed E-state index contributed by atoms with van der Waals surface area (Å²) in [6.45, 7) is 2.28. The van der Waals surface area contributed by atoms with E-state index >= 15 is 0 Å². The van der Waals surface area contributed by atoms with Crippen molar-refractivity contribution in [1.82, 2.24) is 0 Å². The van der Waals surface area contributed by atoms with Crippen LogP contribution in [0.4, 0.5) is 16.2 Å².